The van der Waals surface area contributed by atoms with Gasteiger partial charge < -0.3 is 15.2 Å². The molecule has 0 aromatic carbocycles. The molecule has 0 spiro atoms. The highest BCUT2D eigenvalue weighted by Crippen LogP contribution is 2.28. The van der Waals surface area contributed by atoms with Crippen LogP contribution in [0.4, 0.5) is 4.79 Å². The SMILES string of the molecule is CC(C)(C)OC(=O)NC(C(=O)O)C1CCCC1. The molecule has 1 aliphatic carbocycles. The predicted molar refractivity (Wildman–Crippen MR) is 62.8 cm³/mol. The van der Waals surface area contributed by atoms with Crippen molar-refractivity contribution in [3.05, 3.63) is 0 Å². The van der Waals surface area contributed by atoms with E-state index in [0.29, 0.717) is 0 Å². The minimum absolute atomic E-state index is 0.0278. The molecule has 0 aromatic heterocycles. The van der Waals surface area contributed by atoms with Crippen molar-refractivity contribution >= 4 is 12.1 Å². The first-order valence-corrected chi connectivity index (χ1v) is 6.02. The van der Waals surface area contributed by atoms with Gasteiger partial charge in [-0.05, 0) is 39.5 Å². The summed E-state index contributed by atoms with van der Waals surface area (Å²) in [4.78, 5) is 22.7. The van der Waals surface area contributed by atoms with Crippen LogP contribution in [0.5, 0.6) is 0 Å². The Morgan fingerprint density at radius 1 is 1.29 bits per heavy atom. The van der Waals surface area contributed by atoms with Gasteiger partial charge in [-0.1, -0.05) is 12.8 Å². The molecule has 2 N–H and O–H groups in total. The zero-order valence-electron chi connectivity index (χ0n) is 10.7. The lowest BCUT2D eigenvalue weighted by Crippen LogP contribution is -2.47. The van der Waals surface area contributed by atoms with Gasteiger partial charge in [0.15, 0.2) is 0 Å². The van der Waals surface area contributed by atoms with Gasteiger partial charge in [-0.15, -0.1) is 0 Å². The molecule has 1 fully saturated rings. The summed E-state index contributed by atoms with van der Waals surface area (Å²) < 4.78 is 5.06. The number of amides is 1. The molecule has 5 heteroatoms. The molecule has 1 rings (SSSR count). The molecule has 1 unspecified atom stereocenters. The second-order valence-electron chi connectivity index (χ2n) is 5.51. The Balaban J connectivity index is 2.55. The van der Waals surface area contributed by atoms with Gasteiger partial charge in [-0.3, -0.25) is 0 Å². The summed E-state index contributed by atoms with van der Waals surface area (Å²) in [6, 6.07) is -0.827. The van der Waals surface area contributed by atoms with E-state index in [2.05, 4.69) is 5.32 Å². The first-order valence-electron chi connectivity index (χ1n) is 6.02. The standard InChI is InChI=1S/C12H21NO4/c1-12(2,3)17-11(16)13-9(10(14)15)8-6-4-5-7-8/h8-9H,4-7H2,1-3H3,(H,13,16)(H,14,15). The van der Waals surface area contributed by atoms with Gasteiger partial charge in [-0.25, -0.2) is 9.59 Å². The summed E-state index contributed by atoms with van der Waals surface area (Å²) in [5.74, 6) is -0.956. The van der Waals surface area contributed by atoms with Crippen molar-refractivity contribution in [1.82, 2.24) is 5.32 Å². The number of alkyl carbamates (subject to hydrolysis) is 1. The van der Waals surface area contributed by atoms with Crippen molar-refractivity contribution in [2.24, 2.45) is 5.92 Å². The number of carboxylic acid groups (broad SMARTS) is 1. The summed E-state index contributed by atoms with van der Waals surface area (Å²) in [6.07, 6.45) is 3.12. The molecule has 0 heterocycles. The summed E-state index contributed by atoms with van der Waals surface area (Å²) in [6.45, 7) is 5.24. The van der Waals surface area contributed by atoms with Gasteiger partial charge in [0.2, 0.25) is 0 Å². The van der Waals surface area contributed by atoms with Crippen LogP contribution in [0, 0.1) is 5.92 Å². The van der Waals surface area contributed by atoms with Crippen LogP contribution in [-0.4, -0.2) is 28.8 Å². The van der Waals surface area contributed by atoms with Gasteiger partial charge >= 0.3 is 12.1 Å². The average molecular weight is 243 g/mol. The molecule has 1 atom stereocenters. The highest BCUT2D eigenvalue weighted by molar-refractivity contribution is 5.80. The molecule has 0 aliphatic heterocycles. The minimum Gasteiger partial charge on any atom is -0.480 e. The zero-order chi connectivity index (χ0) is 13.1. The van der Waals surface area contributed by atoms with Gasteiger partial charge in [0.1, 0.15) is 11.6 Å². The van der Waals surface area contributed by atoms with Gasteiger partial charge in [0, 0.05) is 0 Å². The molecule has 1 aliphatic rings. The van der Waals surface area contributed by atoms with Gasteiger partial charge in [-0.2, -0.15) is 0 Å². The van der Waals surface area contributed by atoms with Crippen molar-refractivity contribution in [2.45, 2.75) is 58.1 Å². The number of carbonyl (C=O) groups is 2. The molecular formula is C12H21NO4. The highest BCUT2D eigenvalue weighted by atomic mass is 16.6. The van der Waals surface area contributed by atoms with Crippen LogP contribution in [0.3, 0.4) is 0 Å². The van der Waals surface area contributed by atoms with Crippen molar-refractivity contribution in [3.8, 4) is 0 Å². The lowest BCUT2D eigenvalue weighted by molar-refractivity contribution is -0.140. The maximum Gasteiger partial charge on any atom is 0.408 e. The number of carboxylic acids is 1. The molecule has 98 valence electrons. The minimum atomic E-state index is -0.984. The van der Waals surface area contributed by atoms with E-state index < -0.39 is 23.7 Å². The Labute approximate surface area is 102 Å². The van der Waals surface area contributed by atoms with Crippen LogP contribution in [0.2, 0.25) is 0 Å². The van der Waals surface area contributed by atoms with Crippen LogP contribution in [0.1, 0.15) is 46.5 Å². The van der Waals surface area contributed by atoms with Crippen LogP contribution in [0.25, 0.3) is 0 Å². The average Bonchev–Trinajstić information content (AvgIpc) is 2.63. The van der Waals surface area contributed by atoms with Crippen LogP contribution in [-0.2, 0) is 9.53 Å². The number of rotatable bonds is 3. The summed E-state index contributed by atoms with van der Waals surface area (Å²) >= 11 is 0. The number of nitrogens with one attached hydrogen (secondary N) is 1. The van der Waals surface area contributed by atoms with E-state index in [-0.39, 0.29) is 5.92 Å². The molecule has 1 amide bonds. The smallest absolute Gasteiger partial charge is 0.408 e. The number of hydrogen-bond donors (Lipinski definition) is 2. The normalized spacial score (nSPS) is 18.8. The number of carbonyl (C=O) groups excluding carboxylic acids is 1. The second kappa shape index (κ2) is 5.38. The summed E-state index contributed by atoms with van der Waals surface area (Å²) in [5, 5.41) is 11.6. The highest BCUT2D eigenvalue weighted by Gasteiger charge is 2.32. The third-order valence-corrected chi connectivity index (χ3v) is 2.81. The molecule has 5 nitrogen and oxygen atoms in total. The molecule has 1 saturated carbocycles. The lowest BCUT2D eigenvalue weighted by atomic mass is 9.98. The molecule has 0 radical (unpaired) electrons. The van der Waals surface area contributed by atoms with Crippen molar-refractivity contribution < 1.29 is 19.4 Å². The molecule has 0 bridgehead atoms. The molecule has 0 aromatic rings. The van der Waals surface area contributed by atoms with E-state index in [1.54, 1.807) is 20.8 Å². The van der Waals surface area contributed by atoms with E-state index in [4.69, 9.17) is 9.84 Å². The van der Waals surface area contributed by atoms with E-state index in [1.807, 2.05) is 0 Å². The topological polar surface area (TPSA) is 75.6 Å². The Kier molecular flexibility index (Phi) is 4.37. The number of ether oxygens (including phenoxy) is 1. The fourth-order valence-electron chi connectivity index (χ4n) is 2.11. The Morgan fingerprint density at radius 3 is 2.24 bits per heavy atom. The van der Waals surface area contributed by atoms with Crippen molar-refractivity contribution in [3.63, 3.8) is 0 Å². The van der Waals surface area contributed by atoms with E-state index >= 15 is 0 Å². The second-order valence-corrected chi connectivity index (χ2v) is 5.51. The van der Waals surface area contributed by atoms with Crippen molar-refractivity contribution in [1.29, 1.82) is 0 Å². The summed E-state index contributed by atoms with van der Waals surface area (Å²) in [5.41, 5.74) is -0.608. The van der Waals surface area contributed by atoms with Crippen molar-refractivity contribution in [2.75, 3.05) is 0 Å². The maximum absolute atomic E-state index is 11.5. The van der Waals surface area contributed by atoms with Crippen LogP contribution in [0.15, 0.2) is 0 Å². The Morgan fingerprint density at radius 2 is 1.82 bits per heavy atom. The molecule has 0 saturated heterocycles. The largest absolute Gasteiger partial charge is 0.480 e. The predicted octanol–water partition coefficient (Wildman–Crippen LogP) is 2.15. The Hall–Kier alpha value is -1.26. The maximum atomic E-state index is 11.5. The molecule has 17 heavy (non-hydrogen) atoms. The number of hydrogen-bond acceptors (Lipinski definition) is 3. The molecular weight excluding hydrogens is 222 g/mol. The third kappa shape index (κ3) is 4.63. The first kappa shape index (κ1) is 13.8. The van der Waals surface area contributed by atoms with Gasteiger partial charge in [0.05, 0.1) is 0 Å². The first-order chi connectivity index (χ1) is 7.79. The van der Waals surface area contributed by atoms with E-state index in [1.165, 1.54) is 0 Å². The van der Waals surface area contributed by atoms with Gasteiger partial charge in [0.25, 0.3) is 0 Å². The summed E-state index contributed by atoms with van der Waals surface area (Å²) in [7, 11) is 0. The van der Waals surface area contributed by atoms with E-state index in [0.717, 1.165) is 25.7 Å². The fraction of sp³-hybridized carbons (Fsp3) is 0.833. The number of aliphatic carboxylic acids is 1. The lowest BCUT2D eigenvalue weighted by Gasteiger charge is -2.24. The quantitative estimate of drug-likeness (QED) is 0.796. The van der Waals surface area contributed by atoms with Crippen LogP contribution < -0.4 is 5.32 Å². The van der Waals surface area contributed by atoms with Crippen LogP contribution >= 0.6 is 0 Å². The fourth-order valence-corrected chi connectivity index (χ4v) is 2.11. The zero-order valence-corrected chi connectivity index (χ0v) is 10.7. The van der Waals surface area contributed by atoms with E-state index in [9.17, 15) is 9.59 Å². The monoisotopic (exact) mass is 243 g/mol. The third-order valence-electron chi connectivity index (χ3n) is 2.81. The Bertz CT molecular complexity index is 289.